The van der Waals surface area contributed by atoms with E-state index in [0.29, 0.717) is 18.8 Å². The normalized spacial score (nSPS) is 9.93. The zero-order valence-corrected chi connectivity index (χ0v) is 8.41. The molecule has 0 aliphatic heterocycles. The third-order valence-corrected chi connectivity index (χ3v) is 1.69. The highest BCUT2D eigenvalue weighted by atomic mass is 16.2. The lowest BCUT2D eigenvalue weighted by atomic mass is 10.3. The number of amides is 2. The molecular weight excluding hydrogens is 198 g/mol. The average Bonchev–Trinajstić information content (AvgIpc) is 2.59. The van der Waals surface area contributed by atoms with Crippen LogP contribution < -0.4 is 11.1 Å². The quantitative estimate of drug-likeness (QED) is 0.548. The van der Waals surface area contributed by atoms with Crippen molar-refractivity contribution in [2.45, 2.75) is 19.8 Å². The molecule has 0 unspecified atom stereocenters. The molecule has 0 spiro atoms. The van der Waals surface area contributed by atoms with E-state index in [1.807, 2.05) is 0 Å². The maximum atomic E-state index is 11.3. The molecule has 0 radical (unpaired) electrons. The Morgan fingerprint density at radius 3 is 2.80 bits per heavy atom. The van der Waals surface area contributed by atoms with Gasteiger partial charge in [-0.15, -0.1) is 5.10 Å². The molecule has 7 nitrogen and oxygen atoms in total. The first-order valence-corrected chi connectivity index (χ1v) is 4.55. The van der Waals surface area contributed by atoms with Crippen molar-refractivity contribution in [1.29, 1.82) is 0 Å². The summed E-state index contributed by atoms with van der Waals surface area (Å²) in [5, 5.41) is 8.83. The topological polar surface area (TPSA) is 114 Å². The van der Waals surface area contributed by atoms with E-state index in [9.17, 15) is 9.59 Å². The minimum absolute atomic E-state index is 0.103. The number of rotatable bonds is 5. The smallest absolute Gasteiger partial charge is 0.290 e. The highest BCUT2D eigenvalue weighted by molar-refractivity contribution is 5.90. The molecule has 0 saturated carbocycles. The third kappa shape index (κ3) is 3.75. The zero-order valence-electron chi connectivity index (χ0n) is 8.41. The maximum Gasteiger partial charge on any atom is 0.290 e. The lowest BCUT2D eigenvalue weighted by Crippen LogP contribution is -2.26. The molecule has 1 rings (SSSR count). The van der Waals surface area contributed by atoms with E-state index in [4.69, 9.17) is 5.73 Å². The Bertz CT molecular complexity index is 360. The summed E-state index contributed by atoms with van der Waals surface area (Å²) >= 11 is 0. The van der Waals surface area contributed by atoms with Gasteiger partial charge in [-0.1, -0.05) is 0 Å². The lowest BCUT2D eigenvalue weighted by molar-refractivity contribution is -0.118. The number of H-pyrrole nitrogens is 1. The van der Waals surface area contributed by atoms with Gasteiger partial charge in [-0.2, -0.15) is 0 Å². The number of nitrogens with zero attached hydrogens (tertiary/aromatic N) is 2. The summed E-state index contributed by atoms with van der Waals surface area (Å²) in [6.45, 7) is 2.09. The molecule has 0 saturated heterocycles. The van der Waals surface area contributed by atoms with Gasteiger partial charge >= 0.3 is 0 Å². The van der Waals surface area contributed by atoms with Crippen LogP contribution in [0.4, 0.5) is 0 Å². The number of carbonyl (C=O) groups excluding carboxylic acids is 2. The summed E-state index contributed by atoms with van der Waals surface area (Å²) in [6.07, 6.45) is 0.776. The van der Waals surface area contributed by atoms with Crippen LogP contribution in [0.2, 0.25) is 0 Å². The number of primary amides is 1. The number of aromatic nitrogens is 3. The van der Waals surface area contributed by atoms with Crippen molar-refractivity contribution >= 4 is 11.8 Å². The molecule has 0 fully saturated rings. The predicted octanol–water partition coefficient (Wildman–Crippen LogP) is -0.892. The van der Waals surface area contributed by atoms with Crippen LogP contribution in [0.25, 0.3) is 0 Å². The Morgan fingerprint density at radius 1 is 1.53 bits per heavy atom. The highest BCUT2D eigenvalue weighted by Crippen LogP contribution is 1.91. The van der Waals surface area contributed by atoms with E-state index in [1.54, 1.807) is 6.92 Å². The van der Waals surface area contributed by atoms with Crippen LogP contribution in [0.15, 0.2) is 0 Å². The molecule has 15 heavy (non-hydrogen) atoms. The molecule has 7 heteroatoms. The van der Waals surface area contributed by atoms with Gasteiger partial charge in [-0.05, 0) is 13.3 Å². The summed E-state index contributed by atoms with van der Waals surface area (Å²) in [7, 11) is 0. The van der Waals surface area contributed by atoms with Gasteiger partial charge in [0, 0.05) is 13.0 Å². The Kier molecular flexibility index (Phi) is 3.78. The van der Waals surface area contributed by atoms with E-state index in [2.05, 4.69) is 20.5 Å². The van der Waals surface area contributed by atoms with Crippen molar-refractivity contribution in [3.8, 4) is 0 Å². The fourth-order valence-electron chi connectivity index (χ4n) is 0.988. The second kappa shape index (κ2) is 5.08. The van der Waals surface area contributed by atoms with Gasteiger partial charge in [0.15, 0.2) is 0 Å². The number of nitrogens with two attached hydrogens (primary N) is 1. The Hall–Kier alpha value is -1.92. The molecular formula is C8H13N5O2. The van der Waals surface area contributed by atoms with E-state index >= 15 is 0 Å². The van der Waals surface area contributed by atoms with Crippen LogP contribution >= 0.6 is 0 Å². The molecule has 0 aliphatic carbocycles. The lowest BCUT2D eigenvalue weighted by Gasteiger charge is -2.00. The molecule has 1 aromatic heterocycles. The second-order valence-corrected chi connectivity index (χ2v) is 3.07. The zero-order chi connectivity index (χ0) is 11.3. The minimum atomic E-state index is -0.377. The van der Waals surface area contributed by atoms with Crippen LogP contribution in [0, 0.1) is 6.92 Å². The summed E-state index contributed by atoms with van der Waals surface area (Å²) in [5.74, 6) is -0.0503. The molecule has 0 atom stereocenters. The molecule has 82 valence electrons. The molecule has 0 bridgehead atoms. The number of hydrogen-bond acceptors (Lipinski definition) is 4. The maximum absolute atomic E-state index is 11.3. The molecule has 4 N–H and O–H groups in total. The van der Waals surface area contributed by atoms with Crippen LogP contribution in [0.5, 0.6) is 0 Å². The number of aromatic amines is 1. The van der Waals surface area contributed by atoms with Gasteiger partial charge in [0.25, 0.3) is 5.91 Å². The standard InChI is InChI=1S/C8H13N5O2/c1-5-11-7(13-12-5)8(15)10-4-2-3-6(9)14/h2-4H2,1H3,(H2,9,14)(H,10,15)(H,11,12,13). The number of aryl methyl sites for hydroxylation is 1. The van der Waals surface area contributed by atoms with Crippen molar-refractivity contribution < 1.29 is 9.59 Å². The molecule has 1 heterocycles. The summed E-state index contributed by atoms with van der Waals surface area (Å²) < 4.78 is 0. The molecule has 0 aliphatic rings. The fraction of sp³-hybridized carbons (Fsp3) is 0.500. The van der Waals surface area contributed by atoms with Crippen molar-refractivity contribution in [2.24, 2.45) is 5.73 Å². The van der Waals surface area contributed by atoms with Crippen LogP contribution in [0.3, 0.4) is 0 Å². The Balaban J connectivity index is 2.28. The summed E-state index contributed by atoms with van der Waals surface area (Å²) in [6, 6.07) is 0. The van der Waals surface area contributed by atoms with Gasteiger partial charge in [-0.3, -0.25) is 14.7 Å². The third-order valence-electron chi connectivity index (χ3n) is 1.69. The fourth-order valence-corrected chi connectivity index (χ4v) is 0.988. The first-order valence-electron chi connectivity index (χ1n) is 4.55. The van der Waals surface area contributed by atoms with Gasteiger partial charge < -0.3 is 11.1 Å². The predicted molar refractivity (Wildman–Crippen MR) is 51.9 cm³/mol. The Labute approximate surface area is 86.5 Å². The largest absolute Gasteiger partial charge is 0.370 e. The molecule has 0 aromatic carbocycles. The summed E-state index contributed by atoms with van der Waals surface area (Å²) in [5.41, 5.74) is 4.94. The van der Waals surface area contributed by atoms with Crippen molar-refractivity contribution in [3.63, 3.8) is 0 Å². The summed E-state index contributed by atoms with van der Waals surface area (Å²) in [4.78, 5) is 25.6. The van der Waals surface area contributed by atoms with E-state index in [-0.39, 0.29) is 24.1 Å². The molecule has 1 aromatic rings. The minimum Gasteiger partial charge on any atom is -0.370 e. The van der Waals surface area contributed by atoms with Crippen LogP contribution in [-0.2, 0) is 4.79 Å². The average molecular weight is 211 g/mol. The number of nitrogens with one attached hydrogen (secondary N) is 2. The van der Waals surface area contributed by atoms with Crippen LogP contribution in [-0.4, -0.2) is 33.5 Å². The van der Waals surface area contributed by atoms with Crippen molar-refractivity contribution in [3.05, 3.63) is 11.6 Å². The highest BCUT2D eigenvalue weighted by Gasteiger charge is 2.09. The second-order valence-electron chi connectivity index (χ2n) is 3.07. The SMILES string of the molecule is Cc1nc(C(=O)NCCCC(N)=O)n[nH]1. The van der Waals surface area contributed by atoms with Crippen LogP contribution in [0.1, 0.15) is 29.3 Å². The molecule has 2 amide bonds. The van der Waals surface area contributed by atoms with Gasteiger partial charge in [0.1, 0.15) is 5.82 Å². The van der Waals surface area contributed by atoms with E-state index < -0.39 is 0 Å². The first kappa shape index (κ1) is 11.2. The van der Waals surface area contributed by atoms with Crippen molar-refractivity contribution in [2.75, 3.05) is 6.54 Å². The monoisotopic (exact) mass is 211 g/mol. The van der Waals surface area contributed by atoms with Crippen molar-refractivity contribution in [1.82, 2.24) is 20.5 Å². The number of hydrogen-bond donors (Lipinski definition) is 3. The van der Waals surface area contributed by atoms with E-state index in [0.717, 1.165) is 0 Å². The Morgan fingerprint density at radius 2 is 2.27 bits per heavy atom. The number of carbonyl (C=O) groups is 2. The van der Waals surface area contributed by atoms with Gasteiger partial charge in [0.2, 0.25) is 11.7 Å². The first-order chi connectivity index (χ1) is 7.09. The van der Waals surface area contributed by atoms with Gasteiger partial charge in [-0.25, -0.2) is 4.98 Å². The van der Waals surface area contributed by atoms with Gasteiger partial charge in [0.05, 0.1) is 0 Å². The van der Waals surface area contributed by atoms with E-state index in [1.165, 1.54) is 0 Å².